The van der Waals surface area contributed by atoms with Crippen LogP contribution in [0.15, 0.2) is 23.2 Å². The summed E-state index contributed by atoms with van der Waals surface area (Å²) in [6.07, 6.45) is 1.62. The van der Waals surface area contributed by atoms with Crippen molar-refractivity contribution >= 4 is 17.6 Å². The van der Waals surface area contributed by atoms with E-state index in [1.165, 1.54) is 0 Å². The van der Waals surface area contributed by atoms with Crippen LogP contribution in [0.4, 0.5) is 0 Å². The van der Waals surface area contributed by atoms with Gasteiger partial charge in [-0.1, -0.05) is 6.92 Å². The monoisotopic (exact) mass is 225 g/mol. The number of amidine groups is 1. The topological polar surface area (TPSA) is 83.0 Å². The van der Waals surface area contributed by atoms with E-state index in [-0.39, 0.29) is 18.4 Å². The van der Waals surface area contributed by atoms with Gasteiger partial charge in [-0.05, 0) is 18.1 Å². The number of hydrogen-bond acceptors (Lipinski definition) is 4. The SMILES string of the molecule is CC(CO)CSc1cccnc1C(=N)N. The molecular formula is C10H15N3OS. The molecule has 0 aliphatic carbocycles. The molecule has 1 aromatic heterocycles. The van der Waals surface area contributed by atoms with Crippen LogP contribution in [-0.2, 0) is 0 Å². The molecule has 1 atom stereocenters. The molecule has 1 aromatic rings. The maximum absolute atomic E-state index is 8.90. The minimum atomic E-state index is -0.0187. The molecule has 0 bridgehead atoms. The first-order chi connectivity index (χ1) is 7.15. The van der Waals surface area contributed by atoms with E-state index < -0.39 is 0 Å². The average Bonchev–Trinajstić information content (AvgIpc) is 2.26. The van der Waals surface area contributed by atoms with Gasteiger partial charge in [-0.2, -0.15) is 0 Å². The second-order valence-electron chi connectivity index (χ2n) is 3.36. The fourth-order valence-corrected chi connectivity index (χ4v) is 2.04. The molecule has 0 radical (unpaired) electrons. The number of rotatable bonds is 5. The van der Waals surface area contributed by atoms with Crippen molar-refractivity contribution in [2.75, 3.05) is 12.4 Å². The zero-order chi connectivity index (χ0) is 11.3. The predicted octanol–water partition coefficient (Wildman–Crippen LogP) is 1.09. The Morgan fingerprint density at radius 3 is 3.07 bits per heavy atom. The maximum Gasteiger partial charge on any atom is 0.142 e. The van der Waals surface area contributed by atoms with Crippen LogP contribution in [0.1, 0.15) is 12.6 Å². The molecule has 1 heterocycles. The summed E-state index contributed by atoms with van der Waals surface area (Å²) in [4.78, 5) is 4.94. The Labute approximate surface area is 93.4 Å². The molecule has 5 heteroatoms. The first-order valence-electron chi connectivity index (χ1n) is 4.68. The van der Waals surface area contributed by atoms with Gasteiger partial charge < -0.3 is 10.8 Å². The van der Waals surface area contributed by atoms with Crippen LogP contribution >= 0.6 is 11.8 Å². The highest BCUT2D eigenvalue weighted by Crippen LogP contribution is 2.22. The van der Waals surface area contributed by atoms with E-state index >= 15 is 0 Å². The zero-order valence-corrected chi connectivity index (χ0v) is 9.42. The van der Waals surface area contributed by atoms with Crippen LogP contribution in [0, 0.1) is 11.3 Å². The Hall–Kier alpha value is -1.07. The van der Waals surface area contributed by atoms with E-state index in [1.54, 1.807) is 18.0 Å². The summed E-state index contributed by atoms with van der Waals surface area (Å²) in [6, 6.07) is 3.71. The summed E-state index contributed by atoms with van der Waals surface area (Å²) in [6.45, 7) is 2.14. The Morgan fingerprint density at radius 1 is 1.73 bits per heavy atom. The number of nitrogens with two attached hydrogens (primary N) is 1. The number of aliphatic hydroxyl groups excluding tert-OH is 1. The number of nitrogens with one attached hydrogen (secondary N) is 1. The summed E-state index contributed by atoms with van der Waals surface area (Å²) >= 11 is 1.56. The number of nitrogen functional groups attached to an aromatic ring is 1. The molecule has 4 nitrogen and oxygen atoms in total. The molecule has 0 fully saturated rings. The van der Waals surface area contributed by atoms with E-state index in [2.05, 4.69) is 4.98 Å². The van der Waals surface area contributed by atoms with Gasteiger partial charge in [0.05, 0.1) is 0 Å². The van der Waals surface area contributed by atoms with Crippen LogP contribution in [0.25, 0.3) is 0 Å². The molecule has 82 valence electrons. The standard InChI is InChI=1S/C10H15N3OS/c1-7(5-14)6-15-8-3-2-4-13-9(8)10(11)12/h2-4,7,14H,5-6H2,1H3,(H3,11,12). The van der Waals surface area contributed by atoms with E-state index in [9.17, 15) is 0 Å². The summed E-state index contributed by atoms with van der Waals surface area (Å²) in [7, 11) is 0. The quantitative estimate of drug-likeness (QED) is 0.398. The van der Waals surface area contributed by atoms with Crippen molar-refractivity contribution in [1.82, 2.24) is 4.98 Å². The van der Waals surface area contributed by atoms with Crippen molar-refractivity contribution in [1.29, 1.82) is 5.41 Å². The third-order valence-electron chi connectivity index (χ3n) is 1.86. The molecular weight excluding hydrogens is 210 g/mol. The minimum absolute atomic E-state index is 0.0187. The van der Waals surface area contributed by atoms with Crippen molar-refractivity contribution in [3.63, 3.8) is 0 Å². The lowest BCUT2D eigenvalue weighted by molar-refractivity contribution is 0.250. The smallest absolute Gasteiger partial charge is 0.142 e. The first-order valence-corrected chi connectivity index (χ1v) is 5.66. The Kier molecular flexibility index (Phi) is 4.58. The minimum Gasteiger partial charge on any atom is -0.396 e. The molecule has 1 rings (SSSR count). The van der Waals surface area contributed by atoms with Gasteiger partial charge in [0.2, 0.25) is 0 Å². The number of nitrogens with zero attached hydrogens (tertiary/aromatic N) is 1. The van der Waals surface area contributed by atoms with Crippen LogP contribution < -0.4 is 5.73 Å². The van der Waals surface area contributed by atoms with Crippen molar-refractivity contribution < 1.29 is 5.11 Å². The molecule has 0 aliphatic rings. The van der Waals surface area contributed by atoms with E-state index in [0.29, 0.717) is 5.69 Å². The fourth-order valence-electron chi connectivity index (χ4n) is 0.994. The van der Waals surface area contributed by atoms with Crippen LogP contribution in [0.3, 0.4) is 0 Å². The normalized spacial score (nSPS) is 12.4. The van der Waals surface area contributed by atoms with Crippen LogP contribution in [0.2, 0.25) is 0 Å². The lowest BCUT2D eigenvalue weighted by Gasteiger charge is -2.09. The average molecular weight is 225 g/mol. The van der Waals surface area contributed by atoms with Crippen molar-refractivity contribution in [3.05, 3.63) is 24.0 Å². The number of thioether (sulfide) groups is 1. The lowest BCUT2D eigenvalue weighted by Crippen LogP contribution is -2.14. The highest BCUT2D eigenvalue weighted by Gasteiger charge is 2.08. The van der Waals surface area contributed by atoms with Gasteiger partial charge in [0.25, 0.3) is 0 Å². The van der Waals surface area contributed by atoms with Gasteiger partial charge in [0.15, 0.2) is 0 Å². The van der Waals surface area contributed by atoms with Crippen molar-refractivity contribution in [2.45, 2.75) is 11.8 Å². The fraction of sp³-hybridized carbons (Fsp3) is 0.400. The van der Waals surface area contributed by atoms with Gasteiger partial charge in [-0.15, -0.1) is 11.8 Å². The zero-order valence-electron chi connectivity index (χ0n) is 8.60. The molecule has 1 unspecified atom stereocenters. The summed E-state index contributed by atoms with van der Waals surface area (Å²) in [5.41, 5.74) is 5.93. The highest BCUT2D eigenvalue weighted by atomic mass is 32.2. The second-order valence-corrected chi connectivity index (χ2v) is 4.42. The van der Waals surface area contributed by atoms with E-state index in [0.717, 1.165) is 10.6 Å². The van der Waals surface area contributed by atoms with Crippen LogP contribution in [0.5, 0.6) is 0 Å². The summed E-state index contributed by atoms with van der Waals surface area (Å²) < 4.78 is 0. The van der Waals surface area contributed by atoms with Gasteiger partial charge in [0, 0.05) is 23.5 Å². The lowest BCUT2D eigenvalue weighted by atomic mass is 10.2. The van der Waals surface area contributed by atoms with Gasteiger partial charge in [-0.25, -0.2) is 0 Å². The highest BCUT2D eigenvalue weighted by molar-refractivity contribution is 7.99. The Morgan fingerprint density at radius 2 is 2.47 bits per heavy atom. The number of aromatic nitrogens is 1. The van der Waals surface area contributed by atoms with Gasteiger partial charge in [-0.3, -0.25) is 10.4 Å². The summed E-state index contributed by atoms with van der Waals surface area (Å²) in [5.74, 6) is 1.01. The molecule has 0 spiro atoms. The van der Waals surface area contributed by atoms with E-state index in [4.69, 9.17) is 16.2 Å². The van der Waals surface area contributed by atoms with Gasteiger partial charge >= 0.3 is 0 Å². The molecule has 0 amide bonds. The number of aliphatic hydroxyl groups is 1. The first kappa shape index (κ1) is 12.0. The molecule has 0 aromatic carbocycles. The predicted molar refractivity (Wildman–Crippen MR) is 62.2 cm³/mol. The molecule has 0 saturated heterocycles. The molecule has 15 heavy (non-hydrogen) atoms. The number of hydrogen-bond donors (Lipinski definition) is 3. The number of pyridine rings is 1. The Balaban J connectivity index is 2.72. The van der Waals surface area contributed by atoms with Gasteiger partial charge in [0.1, 0.15) is 11.5 Å². The largest absolute Gasteiger partial charge is 0.396 e. The third-order valence-corrected chi connectivity index (χ3v) is 3.24. The van der Waals surface area contributed by atoms with E-state index in [1.807, 2.05) is 19.1 Å². The van der Waals surface area contributed by atoms with Crippen LogP contribution in [-0.4, -0.2) is 28.3 Å². The summed E-state index contributed by atoms with van der Waals surface area (Å²) in [5, 5.41) is 16.3. The maximum atomic E-state index is 8.90. The van der Waals surface area contributed by atoms with Crippen molar-refractivity contribution in [2.24, 2.45) is 11.7 Å². The Bertz CT molecular complexity index is 343. The molecule has 0 saturated carbocycles. The molecule has 0 aliphatic heterocycles. The molecule has 4 N–H and O–H groups in total. The second kappa shape index (κ2) is 5.72. The third kappa shape index (κ3) is 3.53. The van der Waals surface area contributed by atoms with Crippen molar-refractivity contribution in [3.8, 4) is 0 Å².